The van der Waals surface area contributed by atoms with E-state index in [2.05, 4.69) is 41.3 Å². The third-order valence-electron chi connectivity index (χ3n) is 6.38. The van der Waals surface area contributed by atoms with Crippen LogP contribution in [0.5, 0.6) is 5.75 Å². The number of fused-ring (bicyclic) bond motifs is 1. The number of likely N-dealkylation sites (tertiary alicyclic amines) is 1. The van der Waals surface area contributed by atoms with E-state index in [0.29, 0.717) is 18.3 Å². The molecular weight excluding hydrogens is 382 g/mol. The zero-order chi connectivity index (χ0) is 19.5. The van der Waals surface area contributed by atoms with Crippen LogP contribution in [-0.4, -0.2) is 30.4 Å². The monoisotopic (exact) mass is 413 g/mol. The van der Waals surface area contributed by atoms with Gasteiger partial charge in [-0.3, -0.25) is 9.69 Å². The van der Waals surface area contributed by atoms with Gasteiger partial charge in [-0.05, 0) is 87.4 Å². The van der Waals surface area contributed by atoms with E-state index in [-0.39, 0.29) is 18.3 Å². The van der Waals surface area contributed by atoms with Crippen molar-refractivity contribution in [2.75, 3.05) is 19.7 Å². The number of nitrogens with zero attached hydrogens (tertiary/aromatic N) is 1. The molecule has 4 rings (SSSR count). The van der Waals surface area contributed by atoms with Crippen molar-refractivity contribution in [3.63, 3.8) is 0 Å². The van der Waals surface area contributed by atoms with Crippen molar-refractivity contribution in [2.24, 2.45) is 11.8 Å². The minimum absolute atomic E-state index is 0. The van der Waals surface area contributed by atoms with Gasteiger partial charge in [-0.2, -0.15) is 0 Å². The van der Waals surface area contributed by atoms with Gasteiger partial charge in [-0.1, -0.05) is 30.3 Å². The molecule has 0 aromatic heterocycles. The molecule has 0 amide bonds. The molecular formula is C25H32ClNO2. The number of ether oxygens (including phenoxy) is 1. The molecule has 1 heterocycles. The molecule has 0 saturated carbocycles. The number of ketones is 1. The summed E-state index contributed by atoms with van der Waals surface area (Å²) in [5.41, 5.74) is 4.59. The van der Waals surface area contributed by atoms with E-state index in [1.54, 1.807) is 0 Å². The van der Waals surface area contributed by atoms with Crippen molar-refractivity contribution in [3.05, 3.63) is 64.7 Å². The fourth-order valence-corrected chi connectivity index (χ4v) is 4.83. The predicted molar refractivity (Wildman–Crippen MR) is 120 cm³/mol. The Balaban J connectivity index is 0.00000240. The van der Waals surface area contributed by atoms with E-state index in [1.165, 1.54) is 24.0 Å². The average molecular weight is 414 g/mol. The minimum atomic E-state index is 0. The molecule has 2 aromatic rings. The SMILES string of the molecule is CCOc1cc2c(cc1C)C(=O)C(CC1CCN(Cc3ccccc3)CC1)C2.Cl. The summed E-state index contributed by atoms with van der Waals surface area (Å²) in [5, 5.41) is 0. The third kappa shape index (κ3) is 5.02. The lowest BCUT2D eigenvalue weighted by Gasteiger charge is -2.32. The summed E-state index contributed by atoms with van der Waals surface area (Å²) in [6.07, 6.45) is 4.33. The average Bonchev–Trinajstić information content (AvgIpc) is 3.00. The van der Waals surface area contributed by atoms with E-state index >= 15 is 0 Å². The molecule has 1 unspecified atom stereocenters. The summed E-state index contributed by atoms with van der Waals surface area (Å²) >= 11 is 0. The van der Waals surface area contributed by atoms with Crippen LogP contribution in [-0.2, 0) is 13.0 Å². The van der Waals surface area contributed by atoms with Gasteiger partial charge in [0.2, 0.25) is 0 Å². The quantitative estimate of drug-likeness (QED) is 0.628. The maximum Gasteiger partial charge on any atom is 0.166 e. The van der Waals surface area contributed by atoms with Gasteiger partial charge in [0, 0.05) is 18.0 Å². The Kier molecular flexibility index (Phi) is 7.37. The maximum atomic E-state index is 12.9. The normalized spacial score (nSPS) is 19.7. The van der Waals surface area contributed by atoms with E-state index in [9.17, 15) is 4.79 Å². The minimum Gasteiger partial charge on any atom is -0.494 e. The second-order valence-electron chi connectivity index (χ2n) is 8.41. The molecule has 1 aliphatic carbocycles. The second kappa shape index (κ2) is 9.77. The molecule has 2 aromatic carbocycles. The van der Waals surface area contributed by atoms with E-state index in [1.807, 2.05) is 19.9 Å². The molecule has 1 atom stereocenters. The maximum absolute atomic E-state index is 12.9. The number of rotatable bonds is 6. The Labute approximate surface area is 180 Å². The van der Waals surface area contributed by atoms with Gasteiger partial charge in [0.1, 0.15) is 5.75 Å². The fourth-order valence-electron chi connectivity index (χ4n) is 4.83. The Bertz CT molecular complexity index is 828. The van der Waals surface area contributed by atoms with Crippen LogP contribution >= 0.6 is 12.4 Å². The summed E-state index contributed by atoms with van der Waals surface area (Å²) < 4.78 is 5.73. The summed E-state index contributed by atoms with van der Waals surface area (Å²) in [7, 11) is 0. The number of hydrogen-bond acceptors (Lipinski definition) is 3. The largest absolute Gasteiger partial charge is 0.494 e. The van der Waals surface area contributed by atoms with Gasteiger partial charge in [0.15, 0.2) is 5.78 Å². The molecule has 2 aliphatic rings. The molecule has 1 saturated heterocycles. The van der Waals surface area contributed by atoms with Gasteiger partial charge in [-0.25, -0.2) is 0 Å². The highest BCUT2D eigenvalue weighted by molar-refractivity contribution is 6.02. The van der Waals surface area contributed by atoms with Crippen LogP contribution in [0.15, 0.2) is 42.5 Å². The van der Waals surface area contributed by atoms with Gasteiger partial charge in [0.25, 0.3) is 0 Å². The number of aryl methyl sites for hydroxylation is 1. The van der Waals surface area contributed by atoms with E-state index in [0.717, 1.165) is 49.4 Å². The zero-order valence-electron chi connectivity index (χ0n) is 17.5. The lowest BCUT2D eigenvalue weighted by Crippen LogP contribution is -2.34. The molecule has 0 bridgehead atoms. The number of benzene rings is 2. The van der Waals surface area contributed by atoms with Crippen molar-refractivity contribution in [3.8, 4) is 5.75 Å². The molecule has 156 valence electrons. The van der Waals surface area contributed by atoms with Gasteiger partial charge in [-0.15, -0.1) is 12.4 Å². The van der Waals surface area contributed by atoms with Crippen LogP contribution in [0.25, 0.3) is 0 Å². The van der Waals surface area contributed by atoms with Crippen molar-refractivity contribution < 1.29 is 9.53 Å². The molecule has 3 nitrogen and oxygen atoms in total. The van der Waals surface area contributed by atoms with E-state index in [4.69, 9.17) is 4.74 Å². The Morgan fingerprint density at radius 1 is 1.10 bits per heavy atom. The summed E-state index contributed by atoms with van der Waals surface area (Å²) in [6, 6.07) is 14.9. The number of Topliss-reactive ketones (excluding diaryl/α,β-unsaturated/α-hetero) is 1. The van der Waals surface area contributed by atoms with Gasteiger partial charge < -0.3 is 4.74 Å². The van der Waals surface area contributed by atoms with Crippen LogP contribution in [0.3, 0.4) is 0 Å². The summed E-state index contributed by atoms with van der Waals surface area (Å²) in [6.45, 7) is 8.03. The number of halogens is 1. The second-order valence-corrected chi connectivity index (χ2v) is 8.41. The van der Waals surface area contributed by atoms with Crippen molar-refractivity contribution in [1.29, 1.82) is 0 Å². The topological polar surface area (TPSA) is 29.5 Å². The first-order valence-electron chi connectivity index (χ1n) is 10.7. The first-order chi connectivity index (χ1) is 13.6. The Morgan fingerprint density at radius 3 is 2.52 bits per heavy atom. The standard InChI is InChI=1S/C25H31NO2.ClH/c1-3-28-24-16-21-15-22(25(27)23(21)13-18(24)2)14-19-9-11-26(12-10-19)17-20-7-5-4-6-8-20;/h4-8,13,16,19,22H,3,9-12,14-15,17H2,1-2H3;1H. The highest BCUT2D eigenvalue weighted by Gasteiger charge is 2.34. The van der Waals surface area contributed by atoms with Crippen LogP contribution < -0.4 is 4.74 Å². The Morgan fingerprint density at radius 2 is 1.83 bits per heavy atom. The first kappa shape index (κ1) is 21.9. The Hall–Kier alpha value is -1.84. The van der Waals surface area contributed by atoms with Crippen LogP contribution in [0.1, 0.15) is 53.2 Å². The van der Waals surface area contributed by atoms with Gasteiger partial charge >= 0.3 is 0 Å². The predicted octanol–water partition coefficient (Wildman–Crippen LogP) is 5.47. The highest BCUT2D eigenvalue weighted by atomic mass is 35.5. The lowest BCUT2D eigenvalue weighted by molar-refractivity contribution is 0.0895. The van der Waals surface area contributed by atoms with Crippen LogP contribution in [0, 0.1) is 18.8 Å². The lowest BCUT2D eigenvalue weighted by atomic mass is 9.85. The molecule has 1 aliphatic heterocycles. The molecule has 4 heteroatoms. The summed E-state index contributed by atoms with van der Waals surface area (Å²) in [5.74, 6) is 2.12. The van der Waals surface area contributed by atoms with Crippen LogP contribution in [0.4, 0.5) is 0 Å². The fraction of sp³-hybridized carbons (Fsp3) is 0.480. The zero-order valence-corrected chi connectivity index (χ0v) is 18.3. The number of hydrogen-bond donors (Lipinski definition) is 0. The van der Waals surface area contributed by atoms with Crippen LogP contribution in [0.2, 0.25) is 0 Å². The van der Waals surface area contributed by atoms with E-state index < -0.39 is 0 Å². The van der Waals surface area contributed by atoms with Gasteiger partial charge in [0.05, 0.1) is 6.61 Å². The number of piperidine rings is 1. The highest BCUT2D eigenvalue weighted by Crippen LogP contribution is 2.37. The summed E-state index contributed by atoms with van der Waals surface area (Å²) in [4.78, 5) is 15.5. The smallest absolute Gasteiger partial charge is 0.166 e. The molecule has 0 N–H and O–H groups in total. The number of carbonyl (C=O) groups is 1. The molecule has 1 fully saturated rings. The van der Waals surface area contributed by atoms with Crippen molar-refractivity contribution in [1.82, 2.24) is 4.90 Å². The van der Waals surface area contributed by atoms with Crippen molar-refractivity contribution in [2.45, 2.75) is 46.1 Å². The van der Waals surface area contributed by atoms with Crippen molar-refractivity contribution >= 4 is 18.2 Å². The molecule has 29 heavy (non-hydrogen) atoms. The number of carbonyl (C=O) groups excluding carboxylic acids is 1. The molecule has 0 spiro atoms. The molecule has 0 radical (unpaired) electrons. The third-order valence-corrected chi connectivity index (χ3v) is 6.38. The first-order valence-corrected chi connectivity index (χ1v) is 10.7.